The minimum atomic E-state index is -0.310. The van der Waals surface area contributed by atoms with Gasteiger partial charge in [0, 0.05) is 12.5 Å². The van der Waals surface area contributed by atoms with Crippen LogP contribution in [-0.4, -0.2) is 9.55 Å². The highest BCUT2D eigenvalue weighted by Crippen LogP contribution is 1.91. The van der Waals surface area contributed by atoms with Crippen molar-refractivity contribution in [2.45, 2.75) is 6.29 Å². The lowest BCUT2D eigenvalue weighted by Gasteiger charge is -1.97. The molecule has 0 spiro atoms. The highest BCUT2D eigenvalue weighted by Gasteiger charge is 1.92. The van der Waals surface area contributed by atoms with Crippen LogP contribution in [0.25, 0.3) is 0 Å². The van der Waals surface area contributed by atoms with Gasteiger partial charge in [0.1, 0.15) is 5.82 Å². The molecular weight excluding hydrogens is 149 g/mol. The van der Waals surface area contributed by atoms with Crippen LogP contribution in [0.1, 0.15) is 0 Å². The summed E-state index contributed by atoms with van der Waals surface area (Å²) in [4.78, 5) is 14.3. The van der Waals surface area contributed by atoms with Gasteiger partial charge in [-0.3, -0.25) is 4.57 Å². The Balaban J connectivity index is 3.20. The van der Waals surface area contributed by atoms with E-state index in [9.17, 15) is 4.79 Å². The molecule has 54 valence electrons. The number of aromatic nitrogens is 2. The first-order chi connectivity index (χ1) is 4.74. The Morgan fingerprint density at radius 2 is 2.50 bits per heavy atom. The van der Waals surface area contributed by atoms with E-state index >= 15 is 0 Å². The lowest BCUT2D eigenvalue weighted by Crippen LogP contribution is -2.21. The first-order valence-electron chi connectivity index (χ1n) is 2.77. The van der Waals surface area contributed by atoms with E-state index in [0.717, 1.165) is 0 Å². The van der Waals surface area contributed by atoms with Crippen molar-refractivity contribution in [3.05, 3.63) is 22.7 Å². The lowest BCUT2D eigenvalue weighted by molar-refractivity contribution is 0.797. The van der Waals surface area contributed by atoms with Crippen LogP contribution < -0.4 is 11.4 Å². The van der Waals surface area contributed by atoms with E-state index in [4.69, 9.17) is 5.73 Å². The van der Waals surface area contributed by atoms with E-state index in [1.807, 2.05) is 0 Å². The van der Waals surface area contributed by atoms with Gasteiger partial charge < -0.3 is 5.73 Å². The molecule has 0 bridgehead atoms. The van der Waals surface area contributed by atoms with Crippen molar-refractivity contribution in [3.63, 3.8) is 0 Å². The normalized spacial score (nSPS) is 9.70. The second kappa shape index (κ2) is 2.80. The Kier molecular flexibility index (Phi) is 2.02. The average molecular weight is 157 g/mol. The standard InChI is InChI=1S/C5H8N3OP/c6-4-1-2-8(3-10)5(9)7-4/h1-2H,3,10H2,(H2,6,7,9). The molecule has 4 nitrogen and oxygen atoms in total. The van der Waals surface area contributed by atoms with E-state index in [0.29, 0.717) is 6.29 Å². The smallest absolute Gasteiger partial charge is 0.349 e. The maximum atomic E-state index is 10.8. The maximum Gasteiger partial charge on any atom is 0.349 e. The molecule has 0 aliphatic carbocycles. The molecule has 1 unspecified atom stereocenters. The van der Waals surface area contributed by atoms with Crippen LogP contribution in [0.2, 0.25) is 0 Å². The topological polar surface area (TPSA) is 60.9 Å². The predicted octanol–water partition coefficient (Wildman–Crippen LogP) is -0.342. The molecule has 0 fully saturated rings. The molecule has 1 heterocycles. The number of anilines is 1. The summed E-state index contributed by atoms with van der Waals surface area (Å²) in [5.41, 5.74) is 4.94. The molecule has 0 aromatic carbocycles. The zero-order chi connectivity index (χ0) is 7.56. The summed E-state index contributed by atoms with van der Waals surface area (Å²) in [6.45, 7) is 0. The first-order valence-corrected chi connectivity index (χ1v) is 3.58. The van der Waals surface area contributed by atoms with Crippen molar-refractivity contribution in [1.29, 1.82) is 0 Å². The average Bonchev–Trinajstić information content (AvgIpc) is 1.88. The van der Waals surface area contributed by atoms with Crippen LogP contribution in [0, 0.1) is 0 Å². The summed E-state index contributed by atoms with van der Waals surface area (Å²) < 4.78 is 1.45. The van der Waals surface area contributed by atoms with Gasteiger partial charge >= 0.3 is 5.69 Å². The molecule has 1 atom stereocenters. The third kappa shape index (κ3) is 1.33. The molecular formula is C5H8N3OP. The molecule has 0 amide bonds. The molecule has 5 heteroatoms. The minimum absolute atomic E-state index is 0.264. The molecule has 1 rings (SSSR count). The molecule has 0 saturated heterocycles. The van der Waals surface area contributed by atoms with Crippen molar-refractivity contribution < 1.29 is 0 Å². The summed E-state index contributed by atoms with van der Waals surface area (Å²) in [6, 6.07) is 1.59. The van der Waals surface area contributed by atoms with E-state index in [2.05, 4.69) is 14.2 Å². The summed E-state index contributed by atoms with van der Waals surface area (Å²) in [5, 5.41) is 0. The van der Waals surface area contributed by atoms with Crippen molar-refractivity contribution in [2.75, 3.05) is 5.73 Å². The number of nitrogens with two attached hydrogens (primary N) is 1. The second-order valence-corrected chi connectivity index (χ2v) is 2.15. The van der Waals surface area contributed by atoms with Crippen LogP contribution in [0.5, 0.6) is 0 Å². The summed E-state index contributed by atoms with van der Waals surface area (Å²) in [7, 11) is 2.43. The minimum Gasteiger partial charge on any atom is -0.383 e. The van der Waals surface area contributed by atoms with Gasteiger partial charge in [0.2, 0.25) is 0 Å². The number of hydrogen-bond acceptors (Lipinski definition) is 3. The maximum absolute atomic E-state index is 10.8. The lowest BCUT2D eigenvalue weighted by atomic mass is 10.6. The first kappa shape index (κ1) is 7.22. The van der Waals surface area contributed by atoms with Crippen molar-refractivity contribution in [3.8, 4) is 0 Å². The van der Waals surface area contributed by atoms with Crippen LogP contribution in [0.4, 0.5) is 5.82 Å². The van der Waals surface area contributed by atoms with Gasteiger partial charge in [-0.05, 0) is 6.07 Å². The highest BCUT2D eigenvalue weighted by atomic mass is 31.0. The summed E-state index contributed by atoms with van der Waals surface area (Å²) >= 11 is 0. The Hall–Kier alpha value is -0.890. The predicted molar refractivity (Wildman–Crippen MR) is 42.6 cm³/mol. The van der Waals surface area contributed by atoms with E-state index < -0.39 is 0 Å². The summed E-state index contributed by atoms with van der Waals surface area (Å²) in [5.74, 6) is 0.264. The van der Waals surface area contributed by atoms with Gasteiger partial charge in [-0.15, -0.1) is 9.24 Å². The van der Waals surface area contributed by atoms with Gasteiger partial charge in [0.25, 0.3) is 0 Å². The van der Waals surface area contributed by atoms with Gasteiger partial charge in [-0.1, -0.05) is 0 Å². The largest absolute Gasteiger partial charge is 0.383 e. The SMILES string of the molecule is Nc1ccn(CP)c(=O)n1. The number of hydrogen-bond donors (Lipinski definition) is 1. The van der Waals surface area contributed by atoms with Gasteiger partial charge in [0.15, 0.2) is 0 Å². The number of rotatable bonds is 1. The quantitative estimate of drug-likeness (QED) is 0.567. The molecule has 0 saturated carbocycles. The molecule has 10 heavy (non-hydrogen) atoms. The Morgan fingerprint density at radius 1 is 1.80 bits per heavy atom. The van der Waals surface area contributed by atoms with E-state index in [1.54, 1.807) is 12.3 Å². The van der Waals surface area contributed by atoms with Crippen LogP contribution in [-0.2, 0) is 6.29 Å². The van der Waals surface area contributed by atoms with Crippen LogP contribution >= 0.6 is 9.24 Å². The third-order valence-electron chi connectivity index (χ3n) is 1.09. The Bertz CT molecular complexity index is 282. The third-order valence-corrected chi connectivity index (χ3v) is 1.49. The fourth-order valence-corrected chi connectivity index (χ4v) is 0.859. The zero-order valence-corrected chi connectivity index (χ0v) is 6.47. The second-order valence-electron chi connectivity index (χ2n) is 1.79. The van der Waals surface area contributed by atoms with Crippen LogP contribution in [0.3, 0.4) is 0 Å². The van der Waals surface area contributed by atoms with Crippen molar-refractivity contribution >= 4 is 15.1 Å². The fraction of sp³-hybridized carbons (Fsp3) is 0.200. The monoisotopic (exact) mass is 157 g/mol. The summed E-state index contributed by atoms with van der Waals surface area (Å²) in [6.07, 6.45) is 2.16. The van der Waals surface area contributed by atoms with Crippen LogP contribution in [0.15, 0.2) is 17.1 Å². The fourth-order valence-electron chi connectivity index (χ4n) is 0.581. The molecule has 1 aromatic rings. The molecule has 0 radical (unpaired) electrons. The number of nitrogen functional groups attached to an aromatic ring is 1. The Morgan fingerprint density at radius 3 is 3.00 bits per heavy atom. The highest BCUT2D eigenvalue weighted by molar-refractivity contribution is 7.15. The number of nitrogens with zero attached hydrogens (tertiary/aromatic N) is 2. The Labute approximate surface area is 60.3 Å². The van der Waals surface area contributed by atoms with E-state index in [1.165, 1.54) is 4.57 Å². The zero-order valence-electron chi connectivity index (χ0n) is 5.32. The van der Waals surface area contributed by atoms with Gasteiger partial charge in [-0.25, -0.2) is 4.79 Å². The molecule has 0 aliphatic rings. The van der Waals surface area contributed by atoms with Crippen molar-refractivity contribution in [2.24, 2.45) is 0 Å². The molecule has 1 aromatic heterocycles. The van der Waals surface area contributed by atoms with Crippen molar-refractivity contribution in [1.82, 2.24) is 9.55 Å². The van der Waals surface area contributed by atoms with Gasteiger partial charge in [-0.2, -0.15) is 4.98 Å². The van der Waals surface area contributed by atoms with E-state index in [-0.39, 0.29) is 11.5 Å². The molecule has 0 aliphatic heterocycles. The molecule has 2 N–H and O–H groups in total. The van der Waals surface area contributed by atoms with Gasteiger partial charge in [0.05, 0.1) is 0 Å².